The fourth-order valence-electron chi connectivity index (χ4n) is 1.47. The third kappa shape index (κ3) is 2.34. The fourth-order valence-corrected chi connectivity index (χ4v) is 1.47. The van der Waals surface area contributed by atoms with Gasteiger partial charge in [-0.05, 0) is 0 Å². The average molecular weight is 207 g/mol. The van der Waals surface area contributed by atoms with Crippen LogP contribution in [0.3, 0.4) is 0 Å². The second-order valence-electron chi connectivity index (χ2n) is 3.39. The van der Waals surface area contributed by atoms with Crippen LogP contribution in [0.25, 0.3) is 0 Å². The first-order valence-corrected chi connectivity index (χ1v) is 4.81. The van der Waals surface area contributed by atoms with Crippen molar-refractivity contribution in [1.29, 1.82) is 0 Å². The Hall–Kier alpha value is -1.85. The molecule has 1 fully saturated rings. The molecule has 15 heavy (non-hydrogen) atoms. The van der Waals surface area contributed by atoms with Gasteiger partial charge >= 0.3 is 0 Å². The number of nitrogens with zero attached hydrogens (tertiary/aromatic N) is 2. The van der Waals surface area contributed by atoms with Crippen molar-refractivity contribution >= 4 is 17.5 Å². The first kappa shape index (κ1) is 9.70. The van der Waals surface area contributed by atoms with Gasteiger partial charge in [-0.15, -0.1) is 0 Å². The van der Waals surface area contributed by atoms with E-state index in [-0.39, 0.29) is 11.9 Å². The largest absolute Gasteiger partial charge is 0.372 e. The van der Waals surface area contributed by atoms with Gasteiger partial charge in [0.1, 0.15) is 11.6 Å². The minimum Gasteiger partial charge on any atom is -0.372 e. The summed E-state index contributed by atoms with van der Waals surface area (Å²) >= 11 is 0. The van der Waals surface area contributed by atoms with Gasteiger partial charge in [0.25, 0.3) is 0 Å². The van der Waals surface area contributed by atoms with Crippen molar-refractivity contribution in [2.24, 2.45) is 0 Å². The van der Waals surface area contributed by atoms with Crippen molar-refractivity contribution in [3.05, 3.63) is 12.4 Å². The predicted octanol–water partition coefficient (Wildman–Crippen LogP) is -0.181. The molecule has 0 saturated carbocycles. The van der Waals surface area contributed by atoms with Gasteiger partial charge in [-0.2, -0.15) is 0 Å². The third-order valence-corrected chi connectivity index (χ3v) is 2.22. The van der Waals surface area contributed by atoms with Gasteiger partial charge in [-0.1, -0.05) is 0 Å². The SMILES string of the molecule is CNc1cncc(NC2CNC(=O)C2)n1. The molecule has 0 aromatic carbocycles. The van der Waals surface area contributed by atoms with Crippen LogP contribution in [-0.4, -0.2) is 35.5 Å². The summed E-state index contributed by atoms with van der Waals surface area (Å²) in [6.07, 6.45) is 3.78. The molecule has 1 saturated heterocycles. The molecule has 80 valence electrons. The number of rotatable bonds is 3. The highest BCUT2D eigenvalue weighted by Gasteiger charge is 2.21. The van der Waals surface area contributed by atoms with Crippen molar-refractivity contribution in [3.63, 3.8) is 0 Å². The minimum absolute atomic E-state index is 0.0743. The van der Waals surface area contributed by atoms with E-state index in [2.05, 4.69) is 25.9 Å². The highest BCUT2D eigenvalue weighted by molar-refractivity contribution is 5.79. The summed E-state index contributed by atoms with van der Waals surface area (Å²) in [4.78, 5) is 19.2. The van der Waals surface area contributed by atoms with Crippen molar-refractivity contribution in [1.82, 2.24) is 15.3 Å². The number of aromatic nitrogens is 2. The molecule has 0 radical (unpaired) electrons. The van der Waals surface area contributed by atoms with E-state index in [9.17, 15) is 4.79 Å². The van der Waals surface area contributed by atoms with Gasteiger partial charge in [-0.3, -0.25) is 9.78 Å². The van der Waals surface area contributed by atoms with E-state index in [0.717, 1.165) is 0 Å². The first-order chi connectivity index (χ1) is 7.28. The molecule has 1 aliphatic rings. The summed E-state index contributed by atoms with van der Waals surface area (Å²) in [5.74, 6) is 1.46. The minimum atomic E-state index is 0.0743. The summed E-state index contributed by atoms with van der Waals surface area (Å²) < 4.78 is 0. The molecule has 1 unspecified atom stereocenters. The van der Waals surface area contributed by atoms with E-state index in [1.165, 1.54) is 0 Å². The van der Waals surface area contributed by atoms with Gasteiger partial charge in [0.15, 0.2) is 0 Å². The third-order valence-electron chi connectivity index (χ3n) is 2.22. The molecule has 1 aromatic rings. The van der Waals surface area contributed by atoms with E-state index in [1.54, 1.807) is 19.4 Å². The van der Waals surface area contributed by atoms with Crippen molar-refractivity contribution < 1.29 is 4.79 Å². The normalized spacial score (nSPS) is 19.8. The smallest absolute Gasteiger partial charge is 0.222 e. The maximum atomic E-state index is 11.0. The van der Waals surface area contributed by atoms with E-state index in [4.69, 9.17) is 0 Å². The van der Waals surface area contributed by atoms with Crippen LogP contribution >= 0.6 is 0 Å². The summed E-state index contributed by atoms with van der Waals surface area (Å²) in [5, 5.41) is 8.81. The maximum Gasteiger partial charge on any atom is 0.222 e. The Morgan fingerprint density at radius 2 is 2.27 bits per heavy atom. The molecule has 0 bridgehead atoms. The molecule has 6 heteroatoms. The first-order valence-electron chi connectivity index (χ1n) is 4.81. The van der Waals surface area contributed by atoms with Crippen LogP contribution in [0.15, 0.2) is 12.4 Å². The molecule has 0 aliphatic carbocycles. The number of amides is 1. The van der Waals surface area contributed by atoms with Gasteiger partial charge in [0.2, 0.25) is 5.91 Å². The lowest BCUT2D eigenvalue weighted by Gasteiger charge is -2.11. The van der Waals surface area contributed by atoms with Gasteiger partial charge in [0, 0.05) is 20.0 Å². The van der Waals surface area contributed by atoms with Crippen LogP contribution < -0.4 is 16.0 Å². The van der Waals surface area contributed by atoms with E-state index in [1.807, 2.05) is 0 Å². The zero-order valence-corrected chi connectivity index (χ0v) is 8.45. The summed E-state index contributed by atoms with van der Waals surface area (Å²) in [6.45, 7) is 0.643. The van der Waals surface area contributed by atoms with E-state index < -0.39 is 0 Å². The average Bonchev–Trinajstić information content (AvgIpc) is 2.64. The Labute approximate surface area is 87.5 Å². The van der Waals surface area contributed by atoms with Crippen molar-refractivity contribution in [2.75, 3.05) is 24.2 Å². The van der Waals surface area contributed by atoms with E-state index >= 15 is 0 Å². The predicted molar refractivity (Wildman–Crippen MR) is 56.6 cm³/mol. The molecule has 2 heterocycles. The lowest BCUT2D eigenvalue weighted by atomic mass is 10.2. The highest BCUT2D eigenvalue weighted by atomic mass is 16.1. The zero-order valence-electron chi connectivity index (χ0n) is 8.45. The van der Waals surface area contributed by atoms with Crippen molar-refractivity contribution in [2.45, 2.75) is 12.5 Å². The summed E-state index contributed by atoms with van der Waals surface area (Å²) in [7, 11) is 1.79. The standard InChI is InChI=1S/C9H13N5O/c1-10-7-4-11-5-8(14-7)13-6-2-9(15)12-3-6/h4-6H,2-3H2,1H3,(H,12,15)(H2,10,13,14). The molecule has 1 amide bonds. The Morgan fingerprint density at radius 1 is 1.47 bits per heavy atom. The van der Waals surface area contributed by atoms with Crippen LogP contribution in [0.5, 0.6) is 0 Å². The maximum absolute atomic E-state index is 11.0. The van der Waals surface area contributed by atoms with Gasteiger partial charge < -0.3 is 16.0 Å². The Kier molecular flexibility index (Phi) is 2.66. The number of carbonyl (C=O) groups is 1. The monoisotopic (exact) mass is 207 g/mol. The van der Waals surface area contributed by atoms with Crippen LogP contribution in [-0.2, 0) is 4.79 Å². The molecule has 1 aromatic heterocycles. The molecule has 1 atom stereocenters. The van der Waals surface area contributed by atoms with Crippen LogP contribution in [0.1, 0.15) is 6.42 Å². The quantitative estimate of drug-likeness (QED) is 0.640. The molecular formula is C9H13N5O. The number of anilines is 2. The number of hydrogen-bond acceptors (Lipinski definition) is 5. The Morgan fingerprint density at radius 3 is 2.93 bits per heavy atom. The van der Waals surface area contributed by atoms with Crippen molar-refractivity contribution in [3.8, 4) is 0 Å². The molecule has 3 N–H and O–H groups in total. The lowest BCUT2D eigenvalue weighted by molar-refractivity contribution is -0.119. The van der Waals surface area contributed by atoms with E-state index in [0.29, 0.717) is 24.6 Å². The molecule has 2 rings (SSSR count). The van der Waals surface area contributed by atoms with Crippen LogP contribution in [0.2, 0.25) is 0 Å². The molecule has 1 aliphatic heterocycles. The van der Waals surface area contributed by atoms with Gasteiger partial charge in [-0.25, -0.2) is 4.98 Å². The Bertz CT molecular complexity index is 367. The second-order valence-corrected chi connectivity index (χ2v) is 3.39. The fraction of sp³-hybridized carbons (Fsp3) is 0.444. The van der Waals surface area contributed by atoms with Crippen LogP contribution in [0.4, 0.5) is 11.6 Å². The van der Waals surface area contributed by atoms with Crippen LogP contribution in [0, 0.1) is 0 Å². The summed E-state index contributed by atoms with van der Waals surface area (Å²) in [5.41, 5.74) is 0. The second kappa shape index (κ2) is 4.12. The summed E-state index contributed by atoms with van der Waals surface area (Å²) in [6, 6.07) is 0.110. The number of nitrogens with one attached hydrogen (secondary N) is 3. The lowest BCUT2D eigenvalue weighted by Crippen LogP contribution is -2.23. The molecule has 6 nitrogen and oxygen atoms in total. The number of carbonyl (C=O) groups excluding carboxylic acids is 1. The molecular weight excluding hydrogens is 194 g/mol. The number of hydrogen-bond donors (Lipinski definition) is 3. The Balaban J connectivity index is 2.01. The highest BCUT2D eigenvalue weighted by Crippen LogP contribution is 2.10. The zero-order chi connectivity index (χ0) is 10.7. The molecule has 0 spiro atoms. The topological polar surface area (TPSA) is 78.9 Å². The van der Waals surface area contributed by atoms with Gasteiger partial charge in [0.05, 0.1) is 18.4 Å².